The molecule has 0 N–H and O–H groups in total. The van der Waals surface area contributed by atoms with Crippen molar-refractivity contribution < 1.29 is 15.1 Å². The first-order valence-electron chi connectivity index (χ1n) is 13.3. The molecular formula is C34H34ClCuN3. The van der Waals surface area contributed by atoms with Gasteiger partial charge in [0, 0.05) is 16.9 Å². The van der Waals surface area contributed by atoms with E-state index < -0.39 is 0 Å². The molecule has 0 amide bonds. The summed E-state index contributed by atoms with van der Waals surface area (Å²) in [6.07, 6.45) is 0. The van der Waals surface area contributed by atoms with Crippen molar-refractivity contribution in [3.8, 4) is 0 Å². The summed E-state index contributed by atoms with van der Waals surface area (Å²) in [5.41, 5.74) is 10.1. The van der Waals surface area contributed by atoms with Crippen LogP contribution in [-0.2, 0) is 20.5 Å². The molecule has 0 radical (unpaired) electrons. The summed E-state index contributed by atoms with van der Waals surface area (Å²) in [5, 5.41) is 0. The zero-order valence-electron chi connectivity index (χ0n) is 23.0. The third-order valence-electron chi connectivity index (χ3n) is 7.63. The summed E-state index contributed by atoms with van der Waals surface area (Å²) in [6.45, 7) is 13.6. The van der Waals surface area contributed by atoms with Gasteiger partial charge in [-0.3, -0.25) is 4.99 Å². The van der Waals surface area contributed by atoms with Crippen molar-refractivity contribution in [3.63, 3.8) is 0 Å². The van der Waals surface area contributed by atoms with Gasteiger partial charge in [-0.25, -0.2) is 0 Å². The van der Waals surface area contributed by atoms with E-state index in [0.29, 0.717) is 0 Å². The zero-order valence-corrected chi connectivity index (χ0v) is 24.7. The van der Waals surface area contributed by atoms with Gasteiger partial charge in [-0.15, -0.1) is 6.67 Å². The molecule has 0 fully saturated rings. The van der Waals surface area contributed by atoms with E-state index in [-0.39, 0.29) is 17.5 Å². The first kappa shape index (κ1) is 27.5. The number of nitrogens with zero attached hydrogens (tertiary/aromatic N) is 3. The Morgan fingerprint density at radius 1 is 0.769 bits per heavy atom. The van der Waals surface area contributed by atoms with Crippen LogP contribution in [0.15, 0.2) is 102 Å². The fourth-order valence-corrected chi connectivity index (χ4v) is 5.79. The number of amidine groups is 1. The van der Waals surface area contributed by atoms with Crippen LogP contribution in [0.25, 0.3) is 0 Å². The Bertz CT molecular complexity index is 1450. The van der Waals surface area contributed by atoms with Crippen molar-refractivity contribution >= 4 is 27.3 Å². The van der Waals surface area contributed by atoms with Gasteiger partial charge >= 0.3 is 25.2 Å². The van der Waals surface area contributed by atoms with Crippen molar-refractivity contribution in [1.29, 1.82) is 0 Å². The summed E-state index contributed by atoms with van der Waals surface area (Å²) in [6, 6.07) is 35.0. The zero-order chi connectivity index (χ0) is 27.7. The fourth-order valence-electron chi connectivity index (χ4n) is 5.79. The van der Waals surface area contributed by atoms with Crippen LogP contribution in [0.1, 0.15) is 66.2 Å². The van der Waals surface area contributed by atoms with Crippen molar-refractivity contribution in [2.24, 2.45) is 4.99 Å². The Morgan fingerprint density at radius 2 is 1.31 bits per heavy atom. The molecule has 0 spiro atoms. The molecule has 0 saturated heterocycles. The molecule has 3 nitrogen and oxygen atoms in total. The van der Waals surface area contributed by atoms with Gasteiger partial charge in [0.25, 0.3) is 0 Å². The average molecular weight is 584 g/mol. The molecule has 0 bridgehead atoms. The standard InChI is InChI=1S/C34H34N3.ClH.Cu/c1-23-20-27(34(3,4)5)21-24(2)31(23)36-22-37-32(26-16-10-7-11-17-26)30(25-14-8-6-9-15-25)35-33(37)28-18-12-13-19-29(28)36;;/h6-22,30,32H,1-5H3;1H;/q-1;;+2/p-1/t30-,32-;;/m0../s1. The normalized spacial score (nSPS) is 18.1. The third kappa shape index (κ3) is 5.14. The number of benzene rings is 4. The molecule has 0 aliphatic carbocycles. The van der Waals surface area contributed by atoms with Crippen molar-refractivity contribution in [1.82, 2.24) is 4.90 Å². The van der Waals surface area contributed by atoms with E-state index in [2.05, 4.69) is 173 Å². The molecule has 0 unspecified atom stereocenters. The number of rotatable bonds is 3. The van der Waals surface area contributed by atoms with Crippen LogP contribution in [-0.4, -0.2) is 10.7 Å². The molecule has 2 aliphatic rings. The first-order chi connectivity index (χ1) is 18.8. The Hall–Kier alpha value is -3.04. The summed E-state index contributed by atoms with van der Waals surface area (Å²) < 4.78 is 0. The monoisotopic (exact) mass is 582 g/mol. The van der Waals surface area contributed by atoms with Gasteiger partial charge in [-0.05, 0) is 59.2 Å². The summed E-state index contributed by atoms with van der Waals surface area (Å²) in [5.74, 6) is 1.04. The SMILES string of the molecule is Cc1cc(C(C)(C)C)cc(C)c1N1[CH-]N2C(=N[C@@H](c3ccccc3)[C@@H]2c2ccccc2)c2ccccc21.[Cl][Cu+]. The molecule has 4 aromatic rings. The van der Waals surface area contributed by atoms with Crippen LogP contribution >= 0.6 is 10.1 Å². The number of aryl methyl sites for hydroxylation is 2. The fraction of sp³-hybridized carbons (Fsp3) is 0.235. The van der Waals surface area contributed by atoms with Crippen LogP contribution in [0.3, 0.4) is 0 Å². The predicted octanol–water partition coefficient (Wildman–Crippen LogP) is 9.10. The predicted molar refractivity (Wildman–Crippen MR) is 160 cm³/mol. The molecule has 2 atom stereocenters. The van der Waals surface area contributed by atoms with E-state index in [4.69, 9.17) is 4.99 Å². The van der Waals surface area contributed by atoms with Crippen LogP contribution in [0, 0.1) is 20.5 Å². The molecule has 6 rings (SSSR count). The van der Waals surface area contributed by atoms with Crippen molar-refractivity contribution in [2.75, 3.05) is 4.90 Å². The number of fused-ring (bicyclic) bond motifs is 3. The topological polar surface area (TPSA) is 18.8 Å². The second-order valence-electron chi connectivity index (χ2n) is 11.3. The average Bonchev–Trinajstić information content (AvgIpc) is 3.34. The molecule has 5 heteroatoms. The number of halogens is 1. The molecule has 203 valence electrons. The van der Waals surface area contributed by atoms with Gasteiger partial charge < -0.3 is 9.80 Å². The molecule has 4 aromatic carbocycles. The van der Waals surface area contributed by atoms with E-state index >= 15 is 0 Å². The van der Waals surface area contributed by atoms with E-state index in [1.54, 1.807) is 0 Å². The van der Waals surface area contributed by atoms with Crippen LogP contribution in [0.5, 0.6) is 0 Å². The Morgan fingerprint density at radius 3 is 1.90 bits per heavy atom. The van der Waals surface area contributed by atoms with E-state index in [9.17, 15) is 0 Å². The Balaban J connectivity index is 0.00000151. The molecular weight excluding hydrogens is 549 g/mol. The van der Waals surface area contributed by atoms with Gasteiger partial charge in [-0.2, -0.15) is 0 Å². The molecule has 39 heavy (non-hydrogen) atoms. The molecule has 0 aromatic heterocycles. The second kappa shape index (κ2) is 11.2. The second-order valence-corrected chi connectivity index (χ2v) is 11.3. The number of anilines is 2. The quantitative estimate of drug-likeness (QED) is 0.177. The summed E-state index contributed by atoms with van der Waals surface area (Å²) in [7, 11) is 4.20. The minimum atomic E-state index is 0.00770. The van der Waals surface area contributed by atoms with E-state index in [1.807, 2.05) is 0 Å². The van der Waals surface area contributed by atoms with Crippen LogP contribution in [0.4, 0.5) is 11.4 Å². The minimum absolute atomic E-state index is 0.00770. The molecule has 2 heterocycles. The van der Waals surface area contributed by atoms with Gasteiger partial charge in [0.05, 0.1) is 12.1 Å². The number of hydrogen-bond acceptors (Lipinski definition) is 3. The van der Waals surface area contributed by atoms with Gasteiger partial charge in [-0.1, -0.05) is 106 Å². The number of hydrogen-bond donors (Lipinski definition) is 0. The molecule has 0 saturated carbocycles. The first-order valence-corrected chi connectivity index (χ1v) is 14.6. The maximum absolute atomic E-state index is 5.38. The van der Waals surface area contributed by atoms with Crippen LogP contribution in [0.2, 0.25) is 0 Å². The summed E-state index contributed by atoms with van der Waals surface area (Å²) in [4.78, 5) is 10.2. The van der Waals surface area contributed by atoms with Crippen molar-refractivity contribution in [2.45, 2.75) is 52.1 Å². The van der Waals surface area contributed by atoms with E-state index in [0.717, 1.165) is 5.84 Å². The summed E-state index contributed by atoms with van der Waals surface area (Å²) >= 11 is 3.66. The van der Waals surface area contributed by atoms with Gasteiger partial charge in [0.2, 0.25) is 0 Å². The number of para-hydroxylation sites is 1. The Labute approximate surface area is 245 Å². The number of aliphatic imine (C=N–C) groups is 1. The third-order valence-corrected chi connectivity index (χ3v) is 7.63. The van der Waals surface area contributed by atoms with E-state index in [1.165, 1.54) is 44.8 Å². The van der Waals surface area contributed by atoms with Crippen molar-refractivity contribution in [3.05, 3.63) is 137 Å². The Kier molecular flexibility index (Phi) is 7.91. The maximum atomic E-state index is 5.38. The molecule has 2 aliphatic heterocycles. The van der Waals surface area contributed by atoms with Gasteiger partial charge in [0.15, 0.2) is 0 Å². The van der Waals surface area contributed by atoms with Gasteiger partial charge in [0.1, 0.15) is 5.84 Å². The van der Waals surface area contributed by atoms with Crippen LogP contribution < -0.4 is 4.90 Å².